The molecule has 0 aliphatic rings. The number of hydrogen-bond donors (Lipinski definition) is 0. The first-order valence-electron chi connectivity index (χ1n) is 5.47. The van der Waals surface area contributed by atoms with Crippen LogP contribution in [0.5, 0.6) is 11.6 Å². The molecule has 0 saturated heterocycles. The Hall–Kier alpha value is -2.61. The number of benzene rings is 1. The Bertz CT molecular complexity index is 650. The summed E-state index contributed by atoms with van der Waals surface area (Å²) in [4.78, 5) is 3.77. The second-order valence-corrected chi connectivity index (χ2v) is 3.73. The van der Waals surface area contributed by atoms with Crippen molar-refractivity contribution in [1.29, 1.82) is 5.26 Å². The fourth-order valence-corrected chi connectivity index (χ4v) is 1.72. The summed E-state index contributed by atoms with van der Waals surface area (Å²) in [6.45, 7) is 0. The van der Waals surface area contributed by atoms with E-state index in [1.54, 1.807) is 18.2 Å². The van der Waals surface area contributed by atoms with Gasteiger partial charge in [-0.15, -0.1) is 0 Å². The van der Waals surface area contributed by atoms with Crippen LogP contribution >= 0.6 is 0 Å². The van der Waals surface area contributed by atoms with Gasteiger partial charge in [0.15, 0.2) is 0 Å². The van der Waals surface area contributed by atoms with Crippen LogP contribution in [0.4, 0.5) is 4.39 Å². The Morgan fingerprint density at radius 1 is 1.21 bits per heavy atom. The van der Waals surface area contributed by atoms with Gasteiger partial charge in [0.25, 0.3) is 0 Å². The minimum absolute atomic E-state index is 0.311. The number of hydrogen-bond acceptors (Lipinski definition) is 4. The van der Waals surface area contributed by atoms with Crippen molar-refractivity contribution in [2.45, 2.75) is 0 Å². The monoisotopic (exact) mass is 258 g/mol. The molecule has 0 spiro atoms. The van der Waals surface area contributed by atoms with E-state index >= 15 is 0 Å². The van der Waals surface area contributed by atoms with Crippen molar-refractivity contribution in [3.8, 4) is 28.8 Å². The third-order valence-corrected chi connectivity index (χ3v) is 2.67. The topological polar surface area (TPSA) is 55.1 Å². The Morgan fingerprint density at radius 3 is 2.63 bits per heavy atom. The quantitative estimate of drug-likeness (QED) is 0.849. The number of nitriles is 1. The minimum Gasteiger partial charge on any atom is -0.495 e. The molecule has 96 valence electrons. The molecule has 4 nitrogen and oxygen atoms in total. The third-order valence-electron chi connectivity index (χ3n) is 2.67. The molecule has 1 heterocycles. The fraction of sp³-hybridized carbons (Fsp3) is 0.143. The van der Waals surface area contributed by atoms with Gasteiger partial charge in [0.05, 0.1) is 26.0 Å². The number of methoxy groups -OCH3 is 2. The Balaban J connectivity index is 2.56. The summed E-state index contributed by atoms with van der Waals surface area (Å²) in [6.07, 6.45) is 1.09. The second kappa shape index (κ2) is 5.36. The van der Waals surface area contributed by atoms with E-state index in [1.165, 1.54) is 20.3 Å². The van der Waals surface area contributed by atoms with Gasteiger partial charge in [-0.25, -0.2) is 9.37 Å². The lowest BCUT2D eigenvalue weighted by Gasteiger charge is -2.08. The molecule has 0 fully saturated rings. The zero-order valence-corrected chi connectivity index (χ0v) is 10.5. The highest BCUT2D eigenvalue weighted by Gasteiger charge is 2.11. The smallest absolute Gasteiger partial charge is 0.213 e. The van der Waals surface area contributed by atoms with Gasteiger partial charge in [-0.3, -0.25) is 0 Å². The fourth-order valence-electron chi connectivity index (χ4n) is 1.72. The maximum Gasteiger partial charge on any atom is 0.213 e. The molecular weight excluding hydrogens is 247 g/mol. The van der Waals surface area contributed by atoms with Crippen LogP contribution in [-0.4, -0.2) is 19.2 Å². The molecule has 0 bridgehead atoms. The van der Waals surface area contributed by atoms with Gasteiger partial charge in [0, 0.05) is 11.6 Å². The summed E-state index contributed by atoms with van der Waals surface area (Å²) in [5.41, 5.74) is 1.23. The highest BCUT2D eigenvalue weighted by atomic mass is 19.1. The van der Waals surface area contributed by atoms with E-state index in [2.05, 4.69) is 4.98 Å². The standard InChI is InChI=1S/C14H11FN2O2/c1-18-13-4-3-9(5-10(13)7-16)11-6-14(19-2)17-8-12(11)15/h3-6,8H,1-2H3. The van der Waals surface area contributed by atoms with Crippen molar-refractivity contribution in [2.24, 2.45) is 0 Å². The van der Waals surface area contributed by atoms with Crippen LogP contribution in [-0.2, 0) is 0 Å². The third kappa shape index (κ3) is 2.47. The molecular formula is C14H11FN2O2. The van der Waals surface area contributed by atoms with E-state index in [9.17, 15) is 4.39 Å². The van der Waals surface area contributed by atoms with E-state index in [0.717, 1.165) is 6.20 Å². The van der Waals surface area contributed by atoms with Gasteiger partial charge in [0.1, 0.15) is 17.6 Å². The lowest BCUT2D eigenvalue weighted by Crippen LogP contribution is -1.93. The molecule has 0 aliphatic heterocycles. The van der Waals surface area contributed by atoms with E-state index in [4.69, 9.17) is 14.7 Å². The summed E-state index contributed by atoms with van der Waals surface area (Å²) in [5.74, 6) is 0.285. The van der Waals surface area contributed by atoms with Gasteiger partial charge in [-0.2, -0.15) is 5.26 Å². The molecule has 0 amide bonds. The highest BCUT2D eigenvalue weighted by Crippen LogP contribution is 2.29. The molecule has 0 atom stereocenters. The summed E-state index contributed by atoms with van der Waals surface area (Å²) in [5, 5.41) is 9.03. The summed E-state index contributed by atoms with van der Waals surface area (Å²) in [7, 11) is 2.94. The van der Waals surface area contributed by atoms with Gasteiger partial charge < -0.3 is 9.47 Å². The van der Waals surface area contributed by atoms with Crippen LogP contribution < -0.4 is 9.47 Å². The summed E-state index contributed by atoms with van der Waals surface area (Å²) in [6, 6.07) is 8.36. The number of rotatable bonds is 3. The molecule has 0 radical (unpaired) electrons. The van der Waals surface area contributed by atoms with Gasteiger partial charge in [-0.05, 0) is 17.7 Å². The molecule has 19 heavy (non-hydrogen) atoms. The zero-order valence-electron chi connectivity index (χ0n) is 10.5. The van der Waals surface area contributed by atoms with Crippen LogP contribution in [0.3, 0.4) is 0 Å². The summed E-state index contributed by atoms with van der Waals surface area (Å²) >= 11 is 0. The number of aromatic nitrogens is 1. The van der Waals surface area contributed by atoms with E-state index in [1.807, 2.05) is 6.07 Å². The normalized spacial score (nSPS) is 9.79. The summed E-state index contributed by atoms with van der Waals surface area (Å²) < 4.78 is 23.8. The van der Waals surface area contributed by atoms with Crippen LogP contribution in [0.15, 0.2) is 30.5 Å². The van der Waals surface area contributed by atoms with Crippen molar-refractivity contribution in [3.63, 3.8) is 0 Å². The molecule has 2 aromatic rings. The first-order chi connectivity index (χ1) is 9.19. The Kier molecular flexibility index (Phi) is 3.62. The first kappa shape index (κ1) is 12.8. The second-order valence-electron chi connectivity index (χ2n) is 3.73. The molecule has 0 N–H and O–H groups in total. The largest absolute Gasteiger partial charge is 0.495 e. The lowest BCUT2D eigenvalue weighted by atomic mass is 10.0. The minimum atomic E-state index is -0.477. The number of pyridine rings is 1. The van der Waals surface area contributed by atoms with Crippen LogP contribution in [0.25, 0.3) is 11.1 Å². The van der Waals surface area contributed by atoms with Crippen molar-refractivity contribution < 1.29 is 13.9 Å². The van der Waals surface area contributed by atoms with Gasteiger partial charge in [-0.1, -0.05) is 6.07 Å². The molecule has 1 aromatic heterocycles. The van der Waals surface area contributed by atoms with Crippen LogP contribution in [0.1, 0.15) is 5.56 Å². The number of nitrogens with zero attached hydrogens (tertiary/aromatic N) is 2. The van der Waals surface area contributed by atoms with Crippen molar-refractivity contribution >= 4 is 0 Å². The van der Waals surface area contributed by atoms with E-state index < -0.39 is 5.82 Å². The average Bonchev–Trinajstić information content (AvgIpc) is 2.47. The molecule has 0 aliphatic carbocycles. The van der Waals surface area contributed by atoms with Gasteiger partial charge >= 0.3 is 0 Å². The average molecular weight is 258 g/mol. The number of ether oxygens (including phenoxy) is 2. The first-order valence-corrected chi connectivity index (χ1v) is 5.47. The van der Waals surface area contributed by atoms with Gasteiger partial charge in [0.2, 0.25) is 5.88 Å². The molecule has 0 saturated carbocycles. The Morgan fingerprint density at radius 2 is 2.00 bits per heavy atom. The maximum atomic E-state index is 13.8. The highest BCUT2D eigenvalue weighted by molar-refractivity contribution is 5.68. The van der Waals surface area contributed by atoms with E-state index in [-0.39, 0.29) is 0 Å². The predicted octanol–water partition coefficient (Wildman–Crippen LogP) is 2.78. The number of halogens is 1. The van der Waals surface area contributed by atoms with Crippen LogP contribution in [0.2, 0.25) is 0 Å². The lowest BCUT2D eigenvalue weighted by molar-refractivity contribution is 0.396. The van der Waals surface area contributed by atoms with Crippen molar-refractivity contribution in [1.82, 2.24) is 4.98 Å². The van der Waals surface area contributed by atoms with Crippen LogP contribution in [0, 0.1) is 17.1 Å². The molecule has 1 aromatic carbocycles. The van der Waals surface area contributed by atoms with E-state index in [0.29, 0.717) is 28.3 Å². The van der Waals surface area contributed by atoms with Crippen molar-refractivity contribution in [3.05, 3.63) is 41.8 Å². The Labute approximate surface area is 110 Å². The van der Waals surface area contributed by atoms with Crippen molar-refractivity contribution in [2.75, 3.05) is 14.2 Å². The molecule has 0 unspecified atom stereocenters. The SMILES string of the molecule is COc1cc(-c2ccc(OC)c(C#N)c2)c(F)cn1. The zero-order chi connectivity index (χ0) is 13.8. The molecule has 5 heteroatoms. The predicted molar refractivity (Wildman–Crippen MR) is 67.5 cm³/mol. The maximum absolute atomic E-state index is 13.8. The molecule has 2 rings (SSSR count).